The molecule has 0 radical (unpaired) electrons. The summed E-state index contributed by atoms with van der Waals surface area (Å²) in [6.45, 7) is 3.26. The minimum Gasteiger partial charge on any atom is -0.339 e. The Bertz CT molecular complexity index is 234. The lowest BCUT2D eigenvalue weighted by molar-refractivity contribution is 0.284. The van der Waals surface area contributed by atoms with Crippen LogP contribution in [-0.4, -0.2) is 22.7 Å². The molecule has 66 valence electrons. The van der Waals surface area contributed by atoms with Crippen molar-refractivity contribution >= 4 is 0 Å². The van der Waals surface area contributed by atoms with Crippen LogP contribution in [0.2, 0.25) is 0 Å². The summed E-state index contributed by atoms with van der Waals surface area (Å²) >= 11 is 0. The summed E-state index contributed by atoms with van der Waals surface area (Å²) in [6, 6.07) is 0.458. The van der Waals surface area contributed by atoms with Crippen molar-refractivity contribution in [2.75, 3.05) is 6.54 Å². The van der Waals surface area contributed by atoms with E-state index < -0.39 is 0 Å². The van der Waals surface area contributed by atoms with Crippen molar-refractivity contribution in [2.45, 2.75) is 31.7 Å². The third-order valence-electron chi connectivity index (χ3n) is 2.46. The highest BCUT2D eigenvalue weighted by Gasteiger charge is 2.26. The van der Waals surface area contributed by atoms with Crippen molar-refractivity contribution in [3.05, 3.63) is 12.2 Å². The first-order chi connectivity index (χ1) is 5.88. The Morgan fingerprint density at radius 2 is 2.58 bits per heavy atom. The van der Waals surface area contributed by atoms with Crippen LogP contribution in [0.4, 0.5) is 0 Å². The molecule has 0 aromatic carbocycles. The fourth-order valence-corrected chi connectivity index (χ4v) is 1.73. The zero-order valence-electron chi connectivity index (χ0n) is 7.16. The average Bonchev–Trinajstić information content (AvgIpc) is 2.57. The van der Waals surface area contributed by atoms with Crippen molar-refractivity contribution < 1.29 is 4.52 Å². The van der Waals surface area contributed by atoms with Crippen LogP contribution in [-0.2, 0) is 0 Å². The van der Waals surface area contributed by atoms with Gasteiger partial charge >= 0.3 is 0 Å². The second-order valence-electron chi connectivity index (χ2n) is 3.27. The standard InChI is InChI=1S/C8H13N3O/c1-6-7(3-2-4-9-6)8-10-5-11-12-8/h5-7,9H,2-4H2,1H3. The van der Waals surface area contributed by atoms with Gasteiger partial charge in [-0.25, -0.2) is 0 Å². The van der Waals surface area contributed by atoms with Crippen molar-refractivity contribution in [1.82, 2.24) is 15.5 Å². The Balaban J connectivity index is 2.11. The van der Waals surface area contributed by atoms with Crippen molar-refractivity contribution in [2.24, 2.45) is 0 Å². The molecule has 4 nitrogen and oxygen atoms in total. The Kier molecular flexibility index (Phi) is 2.08. The molecule has 0 spiro atoms. The molecule has 1 aromatic rings. The highest BCUT2D eigenvalue weighted by atomic mass is 16.5. The van der Waals surface area contributed by atoms with E-state index in [-0.39, 0.29) is 0 Å². The van der Waals surface area contributed by atoms with Gasteiger partial charge in [-0.3, -0.25) is 0 Å². The predicted molar refractivity (Wildman–Crippen MR) is 43.7 cm³/mol. The summed E-state index contributed by atoms with van der Waals surface area (Å²) in [5.74, 6) is 1.18. The van der Waals surface area contributed by atoms with Crippen LogP contribution >= 0.6 is 0 Å². The van der Waals surface area contributed by atoms with Crippen LogP contribution in [0.5, 0.6) is 0 Å². The number of nitrogens with one attached hydrogen (secondary N) is 1. The highest BCUT2D eigenvalue weighted by molar-refractivity contribution is 4.97. The van der Waals surface area contributed by atoms with Gasteiger partial charge in [0.1, 0.15) is 0 Å². The largest absolute Gasteiger partial charge is 0.339 e. The monoisotopic (exact) mass is 167 g/mol. The van der Waals surface area contributed by atoms with Gasteiger partial charge in [0.05, 0.1) is 5.92 Å². The number of piperidine rings is 1. The molecule has 1 saturated heterocycles. The number of hydrogen-bond acceptors (Lipinski definition) is 4. The summed E-state index contributed by atoms with van der Waals surface area (Å²) in [6.07, 6.45) is 3.81. The van der Waals surface area contributed by atoms with E-state index in [1.54, 1.807) is 0 Å². The van der Waals surface area contributed by atoms with Crippen LogP contribution in [0.15, 0.2) is 10.9 Å². The van der Waals surface area contributed by atoms with E-state index in [1.807, 2.05) is 0 Å². The molecule has 1 aliphatic rings. The second-order valence-corrected chi connectivity index (χ2v) is 3.27. The van der Waals surface area contributed by atoms with Gasteiger partial charge in [-0.2, -0.15) is 4.98 Å². The number of nitrogens with zero attached hydrogens (tertiary/aromatic N) is 2. The second kappa shape index (κ2) is 3.23. The van der Waals surface area contributed by atoms with Gasteiger partial charge in [0, 0.05) is 6.04 Å². The highest BCUT2D eigenvalue weighted by Crippen LogP contribution is 2.25. The Morgan fingerprint density at radius 3 is 3.25 bits per heavy atom. The third kappa shape index (κ3) is 1.34. The van der Waals surface area contributed by atoms with E-state index in [2.05, 4.69) is 22.4 Å². The van der Waals surface area contributed by atoms with E-state index in [0.717, 1.165) is 18.9 Å². The van der Waals surface area contributed by atoms with Crippen molar-refractivity contribution in [3.8, 4) is 0 Å². The van der Waals surface area contributed by atoms with Crippen LogP contribution in [0.1, 0.15) is 31.6 Å². The predicted octanol–water partition coefficient (Wildman–Crippen LogP) is 0.925. The molecule has 1 aliphatic heterocycles. The molecule has 2 rings (SSSR count). The third-order valence-corrected chi connectivity index (χ3v) is 2.46. The van der Waals surface area contributed by atoms with E-state index in [4.69, 9.17) is 4.52 Å². The Labute approximate surface area is 71.4 Å². The minimum absolute atomic E-state index is 0.404. The number of hydrogen-bond donors (Lipinski definition) is 1. The maximum Gasteiger partial charge on any atom is 0.231 e. The molecule has 0 saturated carbocycles. The normalized spacial score (nSPS) is 30.4. The van der Waals surface area contributed by atoms with E-state index in [9.17, 15) is 0 Å². The molecule has 2 unspecified atom stereocenters. The lowest BCUT2D eigenvalue weighted by Crippen LogP contribution is -2.37. The first-order valence-corrected chi connectivity index (χ1v) is 4.38. The van der Waals surface area contributed by atoms with E-state index >= 15 is 0 Å². The Hall–Kier alpha value is -0.900. The first-order valence-electron chi connectivity index (χ1n) is 4.38. The number of aromatic nitrogens is 2. The molecule has 0 amide bonds. The molecular weight excluding hydrogens is 154 g/mol. The van der Waals surface area contributed by atoms with Gasteiger partial charge in [0.15, 0.2) is 6.33 Å². The molecule has 4 heteroatoms. The summed E-state index contributed by atoms with van der Waals surface area (Å²) < 4.78 is 5.04. The summed E-state index contributed by atoms with van der Waals surface area (Å²) in [5, 5.41) is 7.01. The molecule has 2 atom stereocenters. The lowest BCUT2D eigenvalue weighted by atomic mass is 9.92. The molecule has 12 heavy (non-hydrogen) atoms. The van der Waals surface area contributed by atoms with Crippen LogP contribution in [0.25, 0.3) is 0 Å². The lowest BCUT2D eigenvalue weighted by Gasteiger charge is -2.26. The minimum atomic E-state index is 0.404. The molecule has 1 fully saturated rings. The van der Waals surface area contributed by atoms with Gasteiger partial charge in [-0.1, -0.05) is 5.16 Å². The summed E-state index contributed by atoms with van der Waals surface area (Å²) in [7, 11) is 0. The van der Waals surface area contributed by atoms with Gasteiger partial charge in [-0.15, -0.1) is 0 Å². The Morgan fingerprint density at radius 1 is 1.67 bits per heavy atom. The van der Waals surface area contributed by atoms with E-state index in [0.29, 0.717) is 12.0 Å². The van der Waals surface area contributed by atoms with Crippen molar-refractivity contribution in [3.63, 3.8) is 0 Å². The SMILES string of the molecule is CC1NCCCC1c1ncno1. The molecule has 0 aliphatic carbocycles. The van der Waals surface area contributed by atoms with E-state index in [1.165, 1.54) is 12.7 Å². The van der Waals surface area contributed by atoms with Gasteiger partial charge < -0.3 is 9.84 Å². The molecular formula is C8H13N3O. The topological polar surface area (TPSA) is 51.0 Å². The molecule has 1 N–H and O–H groups in total. The van der Waals surface area contributed by atoms with Gasteiger partial charge in [0.2, 0.25) is 5.89 Å². The molecule has 1 aromatic heterocycles. The molecule has 0 bridgehead atoms. The van der Waals surface area contributed by atoms with Crippen molar-refractivity contribution in [1.29, 1.82) is 0 Å². The summed E-state index contributed by atoms with van der Waals surface area (Å²) in [5.41, 5.74) is 0. The number of rotatable bonds is 1. The maximum atomic E-state index is 5.04. The van der Waals surface area contributed by atoms with Crippen LogP contribution in [0, 0.1) is 0 Å². The average molecular weight is 167 g/mol. The van der Waals surface area contributed by atoms with Crippen LogP contribution < -0.4 is 5.32 Å². The van der Waals surface area contributed by atoms with Gasteiger partial charge in [-0.05, 0) is 26.3 Å². The first kappa shape index (κ1) is 7.73. The maximum absolute atomic E-state index is 5.04. The smallest absolute Gasteiger partial charge is 0.231 e. The fourth-order valence-electron chi connectivity index (χ4n) is 1.73. The zero-order chi connectivity index (χ0) is 8.39. The molecule has 2 heterocycles. The quantitative estimate of drug-likeness (QED) is 0.676. The van der Waals surface area contributed by atoms with Crippen LogP contribution in [0.3, 0.4) is 0 Å². The zero-order valence-corrected chi connectivity index (χ0v) is 7.16. The summed E-state index contributed by atoms with van der Waals surface area (Å²) in [4.78, 5) is 4.07. The van der Waals surface area contributed by atoms with Gasteiger partial charge in [0.25, 0.3) is 0 Å². The fraction of sp³-hybridized carbons (Fsp3) is 0.750.